The van der Waals surface area contributed by atoms with Gasteiger partial charge in [-0.3, -0.25) is 0 Å². The molecule has 0 fully saturated rings. The topological polar surface area (TPSA) is 50.4 Å². The van der Waals surface area contributed by atoms with Gasteiger partial charge in [0.25, 0.3) is 5.17 Å². The summed E-state index contributed by atoms with van der Waals surface area (Å²) in [6, 6.07) is 0. The van der Waals surface area contributed by atoms with E-state index in [0.717, 1.165) is 0 Å². The van der Waals surface area contributed by atoms with Crippen molar-refractivity contribution in [1.82, 2.24) is 10.6 Å². The second-order valence-corrected chi connectivity index (χ2v) is 3.67. The Hall–Kier alpha value is -0.840. The van der Waals surface area contributed by atoms with E-state index in [1.54, 1.807) is 7.05 Å². The van der Waals surface area contributed by atoms with E-state index >= 15 is 0 Å². The van der Waals surface area contributed by atoms with E-state index in [4.69, 9.17) is 0 Å². The summed E-state index contributed by atoms with van der Waals surface area (Å²) in [5.41, 5.74) is -0.305. The van der Waals surface area contributed by atoms with Crippen molar-refractivity contribution in [3.05, 3.63) is 0 Å². The first-order valence-electron chi connectivity index (χ1n) is 3.57. The standard InChI is InChI=1S/C7H14N2O2S/c1-7(2,3)9-5(10)11-6(12)8-4/h1-4H3,(H,8,12)(H,9,10). The number of ether oxygens (including phenoxy) is 1. The van der Waals surface area contributed by atoms with Gasteiger partial charge in [0.1, 0.15) is 0 Å². The van der Waals surface area contributed by atoms with Crippen LogP contribution in [0.25, 0.3) is 0 Å². The summed E-state index contributed by atoms with van der Waals surface area (Å²) >= 11 is 4.63. The van der Waals surface area contributed by atoms with Crippen LogP contribution in [0.5, 0.6) is 0 Å². The smallest absolute Gasteiger partial charge is 0.383 e. The lowest BCUT2D eigenvalue weighted by molar-refractivity contribution is 0.187. The van der Waals surface area contributed by atoms with Crippen molar-refractivity contribution in [2.75, 3.05) is 7.05 Å². The highest BCUT2D eigenvalue weighted by molar-refractivity contribution is 7.80. The second-order valence-electron chi connectivity index (χ2n) is 3.30. The first-order valence-corrected chi connectivity index (χ1v) is 3.97. The van der Waals surface area contributed by atoms with E-state index in [1.807, 2.05) is 20.8 Å². The molecule has 0 rings (SSSR count). The van der Waals surface area contributed by atoms with Crippen LogP contribution in [0.4, 0.5) is 4.79 Å². The third-order valence-electron chi connectivity index (χ3n) is 0.867. The molecule has 12 heavy (non-hydrogen) atoms. The molecule has 0 aliphatic rings. The van der Waals surface area contributed by atoms with Gasteiger partial charge in [-0.05, 0) is 33.0 Å². The number of alkyl carbamates (subject to hydrolysis) is 1. The number of hydrogen-bond donors (Lipinski definition) is 2. The highest BCUT2D eigenvalue weighted by Crippen LogP contribution is 1.98. The average Bonchev–Trinajstić information content (AvgIpc) is 1.82. The molecule has 1 amide bonds. The molecular weight excluding hydrogens is 176 g/mol. The van der Waals surface area contributed by atoms with Crippen LogP contribution >= 0.6 is 12.2 Å². The van der Waals surface area contributed by atoms with Crippen LogP contribution in [-0.2, 0) is 4.74 Å². The van der Waals surface area contributed by atoms with E-state index in [2.05, 4.69) is 27.6 Å². The molecule has 70 valence electrons. The minimum atomic E-state index is -0.540. The predicted octanol–water partition coefficient (Wildman–Crippen LogP) is 1.02. The fourth-order valence-corrected chi connectivity index (χ4v) is 0.543. The molecule has 0 aliphatic carbocycles. The molecule has 0 saturated heterocycles. The monoisotopic (exact) mass is 190 g/mol. The Bertz CT molecular complexity index is 186. The Kier molecular flexibility index (Phi) is 3.95. The zero-order valence-corrected chi connectivity index (χ0v) is 8.54. The largest absolute Gasteiger partial charge is 0.414 e. The Morgan fingerprint density at radius 3 is 2.25 bits per heavy atom. The number of carbonyl (C=O) groups excluding carboxylic acids is 1. The van der Waals surface area contributed by atoms with Crippen molar-refractivity contribution in [2.45, 2.75) is 26.3 Å². The number of nitrogens with one attached hydrogen (secondary N) is 2. The quantitative estimate of drug-likeness (QED) is 0.560. The summed E-state index contributed by atoms with van der Waals surface area (Å²) in [4.78, 5) is 11.0. The van der Waals surface area contributed by atoms with E-state index in [-0.39, 0.29) is 10.7 Å². The Morgan fingerprint density at radius 1 is 1.42 bits per heavy atom. The Labute approximate surface area is 77.7 Å². The van der Waals surface area contributed by atoms with Gasteiger partial charge >= 0.3 is 6.09 Å². The van der Waals surface area contributed by atoms with Crippen molar-refractivity contribution >= 4 is 23.5 Å². The van der Waals surface area contributed by atoms with Gasteiger partial charge < -0.3 is 15.4 Å². The van der Waals surface area contributed by atoms with Crippen LogP contribution in [0.15, 0.2) is 0 Å². The number of rotatable bonds is 0. The van der Waals surface area contributed by atoms with Gasteiger partial charge in [0.2, 0.25) is 0 Å². The van der Waals surface area contributed by atoms with Crippen LogP contribution in [0.3, 0.4) is 0 Å². The molecule has 0 aromatic rings. The molecule has 0 radical (unpaired) electrons. The van der Waals surface area contributed by atoms with Crippen LogP contribution in [0, 0.1) is 0 Å². The number of carbonyl (C=O) groups is 1. The minimum Gasteiger partial charge on any atom is -0.383 e. The maximum atomic E-state index is 11.0. The molecule has 0 aliphatic heterocycles. The van der Waals surface area contributed by atoms with Crippen LogP contribution < -0.4 is 10.6 Å². The first kappa shape index (κ1) is 11.2. The van der Waals surface area contributed by atoms with Gasteiger partial charge in [0, 0.05) is 12.6 Å². The van der Waals surface area contributed by atoms with Gasteiger partial charge in [-0.15, -0.1) is 0 Å². The fraction of sp³-hybridized carbons (Fsp3) is 0.714. The molecule has 4 nitrogen and oxygen atoms in total. The van der Waals surface area contributed by atoms with E-state index in [0.29, 0.717) is 0 Å². The van der Waals surface area contributed by atoms with Gasteiger partial charge in [-0.2, -0.15) is 0 Å². The maximum absolute atomic E-state index is 11.0. The van der Waals surface area contributed by atoms with Crippen molar-refractivity contribution in [1.29, 1.82) is 0 Å². The van der Waals surface area contributed by atoms with E-state index in [9.17, 15) is 4.79 Å². The lowest BCUT2D eigenvalue weighted by Crippen LogP contribution is -2.42. The second kappa shape index (κ2) is 4.25. The minimum absolute atomic E-state index is 0.0664. The molecule has 0 aromatic heterocycles. The summed E-state index contributed by atoms with van der Waals surface area (Å²) in [5, 5.41) is 5.19. The van der Waals surface area contributed by atoms with Crippen molar-refractivity contribution < 1.29 is 9.53 Å². The highest BCUT2D eigenvalue weighted by Gasteiger charge is 2.15. The molecule has 2 N–H and O–H groups in total. The third kappa shape index (κ3) is 5.91. The lowest BCUT2D eigenvalue weighted by atomic mass is 10.1. The Morgan fingerprint density at radius 2 is 1.92 bits per heavy atom. The predicted molar refractivity (Wildman–Crippen MR) is 51.0 cm³/mol. The highest BCUT2D eigenvalue weighted by atomic mass is 32.1. The molecule has 0 heterocycles. The van der Waals surface area contributed by atoms with Crippen LogP contribution in [-0.4, -0.2) is 23.9 Å². The molecule has 0 spiro atoms. The first-order chi connectivity index (χ1) is 5.35. The molecule has 0 saturated carbocycles. The SMILES string of the molecule is CNC(=S)OC(=O)NC(C)(C)C. The zero-order valence-electron chi connectivity index (χ0n) is 7.72. The van der Waals surface area contributed by atoms with Crippen LogP contribution in [0.2, 0.25) is 0 Å². The summed E-state index contributed by atoms with van der Waals surface area (Å²) < 4.78 is 4.65. The van der Waals surface area contributed by atoms with Crippen molar-refractivity contribution in [3.8, 4) is 0 Å². The van der Waals surface area contributed by atoms with E-state index < -0.39 is 6.09 Å². The van der Waals surface area contributed by atoms with Crippen molar-refractivity contribution in [2.24, 2.45) is 0 Å². The van der Waals surface area contributed by atoms with Crippen molar-refractivity contribution in [3.63, 3.8) is 0 Å². The average molecular weight is 190 g/mol. The number of hydrogen-bond acceptors (Lipinski definition) is 3. The molecule has 5 heteroatoms. The Balaban J connectivity index is 3.83. The normalized spacial score (nSPS) is 10.3. The van der Waals surface area contributed by atoms with Gasteiger partial charge in [-0.25, -0.2) is 4.79 Å². The molecule has 0 atom stereocenters. The summed E-state index contributed by atoms with van der Waals surface area (Å²) in [6.45, 7) is 5.57. The number of amides is 1. The fourth-order valence-electron chi connectivity index (χ4n) is 0.467. The molecule has 0 bridgehead atoms. The van der Waals surface area contributed by atoms with Gasteiger partial charge in [0.15, 0.2) is 0 Å². The lowest BCUT2D eigenvalue weighted by Gasteiger charge is -2.19. The third-order valence-corrected chi connectivity index (χ3v) is 1.15. The molecule has 0 aromatic carbocycles. The van der Waals surface area contributed by atoms with E-state index in [1.165, 1.54) is 0 Å². The summed E-state index contributed by atoms with van der Waals surface area (Å²) in [7, 11) is 1.59. The van der Waals surface area contributed by atoms with Gasteiger partial charge in [0.05, 0.1) is 0 Å². The zero-order chi connectivity index (χ0) is 9.78. The van der Waals surface area contributed by atoms with Gasteiger partial charge in [-0.1, -0.05) is 0 Å². The number of thiocarbonyl (C=S) groups is 1. The summed E-state index contributed by atoms with van der Waals surface area (Å²) in [6.07, 6.45) is -0.540. The summed E-state index contributed by atoms with van der Waals surface area (Å²) in [5.74, 6) is 0. The van der Waals surface area contributed by atoms with Crippen LogP contribution in [0.1, 0.15) is 20.8 Å². The molecular formula is C7H14N2O2S. The molecule has 0 unspecified atom stereocenters. The maximum Gasteiger partial charge on any atom is 0.414 e.